The molecule has 1 fully saturated rings. The molecule has 0 spiro atoms. The minimum absolute atomic E-state index is 0.111. The first-order chi connectivity index (χ1) is 8.51. The lowest BCUT2D eigenvalue weighted by Gasteiger charge is -2.30. The molecule has 2 rings (SSSR count). The smallest absolute Gasteiger partial charge is 0.243 e. The van der Waals surface area contributed by atoms with Gasteiger partial charge in [0.25, 0.3) is 0 Å². The van der Waals surface area contributed by atoms with Crippen LogP contribution in [-0.4, -0.2) is 30.8 Å². The molecule has 1 saturated carbocycles. The van der Waals surface area contributed by atoms with Crippen molar-refractivity contribution < 1.29 is 8.42 Å². The van der Waals surface area contributed by atoms with Gasteiger partial charge in [-0.3, -0.25) is 0 Å². The summed E-state index contributed by atoms with van der Waals surface area (Å²) in [6.07, 6.45) is 6.60. The topological polar surface area (TPSA) is 50.3 Å². The van der Waals surface area contributed by atoms with E-state index in [1.54, 1.807) is 7.05 Å². The van der Waals surface area contributed by atoms with Gasteiger partial charge in [0.2, 0.25) is 10.0 Å². The second-order valence-electron chi connectivity index (χ2n) is 4.63. The van der Waals surface area contributed by atoms with Crippen molar-refractivity contribution in [2.45, 2.75) is 43.0 Å². The van der Waals surface area contributed by atoms with Gasteiger partial charge in [-0.15, -0.1) is 0 Å². The number of hydrogen-bond acceptors (Lipinski definition) is 3. The van der Waals surface area contributed by atoms with Crippen LogP contribution in [0, 0.1) is 0 Å². The van der Waals surface area contributed by atoms with E-state index in [2.05, 4.69) is 4.98 Å². The van der Waals surface area contributed by atoms with Gasteiger partial charge < -0.3 is 0 Å². The molecule has 1 aromatic rings. The molecule has 18 heavy (non-hydrogen) atoms. The molecule has 0 atom stereocenters. The number of halogens is 1. The summed E-state index contributed by atoms with van der Waals surface area (Å²) in [6.45, 7) is 0. The van der Waals surface area contributed by atoms with Crippen LogP contribution < -0.4 is 0 Å². The molecule has 1 aromatic heterocycles. The third kappa shape index (κ3) is 2.84. The maximum atomic E-state index is 12.4. The van der Waals surface area contributed by atoms with E-state index in [-0.39, 0.29) is 10.9 Å². The van der Waals surface area contributed by atoms with E-state index >= 15 is 0 Å². The molecule has 0 bridgehead atoms. The highest BCUT2D eigenvalue weighted by Gasteiger charge is 2.29. The van der Waals surface area contributed by atoms with Gasteiger partial charge in [-0.25, -0.2) is 13.4 Å². The molecule has 0 aliphatic heterocycles. The Hall–Kier alpha value is -0.650. The second-order valence-corrected chi connectivity index (χ2v) is 7.01. The van der Waals surface area contributed by atoms with E-state index in [0.29, 0.717) is 5.15 Å². The fourth-order valence-corrected chi connectivity index (χ4v) is 3.80. The maximum Gasteiger partial charge on any atom is 0.244 e. The zero-order valence-electron chi connectivity index (χ0n) is 10.3. The van der Waals surface area contributed by atoms with Gasteiger partial charge in [0.05, 0.1) is 0 Å². The summed E-state index contributed by atoms with van der Waals surface area (Å²) in [4.78, 5) is 4.04. The summed E-state index contributed by atoms with van der Waals surface area (Å²) >= 11 is 5.67. The summed E-state index contributed by atoms with van der Waals surface area (Å²) in [7, 11) is -1.79. The molecule has 1 heterocycles. The first-order valence-corrected chi connectivity index (χ1v) is 7.93. The Balaban J connectivity index is 2.21. The number of hydrogen-bond donors (Lipinski definition) is 0. The highest BCUT2D eigenvalue weighted by atomic mass is 35.5. The highest BCUT2D eigenvalue weighted by Crippen LogP contribution is 2.26. The summed E-state index contributed by atoms with van der Waals surface area (Å²) in [5.74, 6) is 0. The number of nitrogens with zero attached hydrogens (tertiary/aromatic N) is 2. The third-order valence-corrected chi connectivity index (χ3v) is 5.58. The summed E-state index contributed by atoms with van der Waals surface area (Å²) in [5.41, 5.74) is 0. The summed E-state index contributed by atoms with van der Waals surface area (Å²) in [5, 5.41) is 0.300. The van der Waals surface area contributed by atoms with Crippen LogP contribution in [0.3, 0.4) is 0 Å². The van der Waals surface area contributed by atoms with Crippen LogP contribution in [0.5, 0.6) is 0 Å². The zero-order valence-corrected chi connectivity index (χ0v) is 11.9. The van der Waals surface area contributed by atoms with Gasteiger partial charge in [-0.2, -0.15) is 4.31 Å². The minimum atomic E-state index is -3.44. The van der Waals surface area contributed by atoms with E-state index in [9.17, 15) is 8.42 Å². The largest absolute Gasteiger partial charge is 0.244 e. The molecule has 6 heteroatoms. The fraction of sp³-hybridized carbons (Fsp3) is 0.583. The number of aromatic nitrogens is 1. The van der Waals surface area contributed by atoms with Crippen LogP contribution in [0.15, 0.2) is 23.2 Å². The third-order valence-electron chi connectivity index (χ3n) is 3.47. The molecule has 4 nitrogen and oxygen atoms in total. The van der Waals surface area contributed by atoms with Gasteiger partial charge in [0.15, 0.2) is 0 Å². The molecular formula is C12H17ClN2O2S. The average Bonchev–Trinajstić information content (AvgIpc) is 2.39. The highest BCUT2D eigenvalue weighted by molar-refractivity contribution is 7.89. The molecule has 0 aromatic carbocycles. The van der Waals surface area contributed by atoms with Crippen molar-refractivity contribution in [2.24, 2.45) is 0 Å². The number of sulfonamides is 1. The van der Waals surface area contributed by atoms with Crippen LogP contribution in [0.1, 0.15) is 32.1 Å². The zero-order chi connectivity index (χ0) is 13.2. The van der Waals surface area contributed by atoms with E-state index in [1.165, 1.54) is 29.1 Å². The predicted molar refractivity (Wildman–Crippen MR) is 71.1 cm³/mol. The SMILES string of the molecule is CN(C1CCCCC1)S(=O)(=O)c1ccc(Cl)nc1. The molecule has 0 saturated heterocycles. The Kier molecular flexibility index (Phi) is 4.25. The standard InChI is InChI=1S/C12H17ClN2O2S/c1-15(10-5-3-2-4-6-10)18(16,17)11-7-8-12(13)14-9-11/h7-10H,2-6H2,1H3. The van der Waals surface area contributed by atoms with Crippen molar-refractivity contribution in [3.63, 3.8) is 0 Å². The van der Waals surface area contributed by atoms with Gasteiger partial charge in [0.1, 0.15) is 10.0 Å². The van der Waals surface area contributed by atoms with E-state index in [0.717, 1.165) is 25.7 Å². The van der Waals surface area contributed by atoms with Crippen molar-refractivity contribution in [2.75, 3.05) is 7.05 Å². The summed E-state index contributed by atoms with van der Waals surface area (Å²) < 4.78 is 26.3. The predicted octanol–water partition coefficient (Wildman–Crippen LogP) is 2.69. The molecule has 0 N–H and O–H groups in total. The van der Waals surface area contributed by atoms with Crippen molar-refractivity contribution in [1.29, 1.82) is 0 Å². The van der Waals surface area contributed by atoms with Gasteiger partial charge >= 0.3 is 0 Å². The lowest BCUT2D eigenvalue weighted by atomic mass is 9.96. The first kappa shape index (κ1) is 13.8. The lowest BCUT2D eigenvalue weighted by molar-refractivity contribution is 0.286. The van der Waals surface area contributed by atoms with Crippen LogP contribution in [0.25, 0.3) is 0 Å². The maximum absolute atomic E-state index is 12.4. The van der Waals surface area contributed by atoms with Crippen molar-refractivity contribution in [3.8, 4) is 0 Å². The Bertz CT molecular complexity index is 495. The molecule has 0 radical (unpaired) electrons. The summed E-state index contributed by atoms with van der Waals surface area (Å²) in [6, 6.07) is 3.12. The van der Waals surface area contributed by atoms with Gasteiger partial charge in [-0.1, -0.05) is 30.9 Å². The van der Waals surface area contributed by atoms with Crippen LogP contribution >= 0.6 is 11.6 Å². The normalized spacial score (nSPS) is 18.2. The Labute approximate surface area is 113 Å². The Morgan fingerprint density at radius 3 is 2.50 bits per heavy atom. The fourth-order valence-electron chi connectivity index (χ4n) is 2.32. The minimum Gasteiger partial charge on any atom is -0.243 e. The first-order valence-electron chi connectivity index (χ1n) is 6.11. The number of rotatable bonds is 3. The lowest BCUT2D eigenvalue weighted by Crippen LogP contribution is -2.38. The van der Waals surface area contributed by atoms with E-state index in [4.69, 9.17) is 11.6 Å². The molecular weight excluding hydrogens is 272 g/mol. The van der Waals surface area contributed by atoms with Crippen LogP contribution in [-0.2, 0) is 10.0 Å². The van der Waals surface area contributed by atoms with Crippen molar-refractivity contribution in [3.05, 3.63) is 23.5 Å². The van der Waals surface area contributed by atoms with Crippen molar-refractivity contribution in [1.82, 2.24) is 9.29 Å². The molecule has 1 aliphatic carbocycles. The van der Waals surface area contributed by atoms with E-state index in [1.807, 2.05) is 0 Å². The molecule has 100 valence electrons. The Morgan fingerprint density at radius 1 is 1.28 bits per heavy atom. The average molecular weight is 289 g/mol. The molecule has 1 aliphatic rings. The van der Waals surface area contributed by atoms with Gasteiger partial charge in [-0.05, 0) is 25.0 Å². The van der Waals surface area contributed by atoms with Gasteiger partial charge in [0, 0.05) is 19.3 Å². The quantitative estimate of drug-likeness (QED) is 0.804. The van der Waals surface area contributed by atoms with E-state index < -0.39 is 10.0 Å². The second kappa shape index (κ2) is 5.55. The number of pyridine rings is 1. The monoisotopic (exact) mass is 288 g/mol. The Morgan fingerprint density at radius 2 is 1.94 bits per heavy atom. The van der Waals surface area contributed by atoms with Crippen LogP contribution in [0.4, 0.5) is 0 Å². The van der Waals surface area contributed by atoms with Crippen LogP contribution in [0.2, 0.25) is 5.15 Å². The molecule has 0 amide bonds. The van der Waals surface area contributed by atoms with Crippen molar-refractivity contribution >= 4 is 21.6 Å². The molecule has 0 unspecified atom stereocenters.